The molecular formula is C25H37N5O6S2. The predicted molar refractivity (Wildman–Crippen MR) is 151 cm³/mol. The number of amides is 3. The molecule has 1 aromatic carbocycles. The number of aliphatic hydroxyl groups is 1. The molecule has 2 aromatic rings. The van der Waals surface area contributed by atoms with E-state index in [1.807, 2.05) is 36.8 Å². The van der Waals surface area contributed by atoms with Crippen molar-refractivity contribution in [2.24, 2.45) is 5.73 Å². The minimum Gasteiger partial charge on any atom is -0.480 e. The van der Waals surface area contributed by atoms with Gasteiger partial charge in [0.05, 0.1) is 12.1 Å². The number of aliphatic carboxylic acids is 1. The van der Waals surface area contributed by atoms with Crippen molar-refractivity contribution in [3.63, 3.8) is 0 Å². The van der Waals surface area contributed by atoms with Crippen LogP contribution in [0.1, 0.15) is 25.3 Å². The fraction of sp³-hybridized carbons (Fsp3) is 0.520. The molecule has 1 aromatic heterocycles. The van der Waals surface area contributed by atoms with E-state index in [9.17, 15) is 29.4 Å². The molecule has 38 heavy (non-hydrogen) atoms. The molecule has 0 aliphatic carbocycles. The number of rotatable bonds is 16. The van der Waals surface area contributed by atoms with Crippen LogP contribution in [-0.2, 0) is 25.6 Å². The quantitative estimate of drug-likeness (QED) is 0.151. The van der Waals surface area contributed by atoms with Gasteiger partial charge in [-0.1, -0.05) is 18.2 Å². The van der Waals surface area contributed by atoms with Crippen molar-refractivity contribution in [1.82, 2.24) is 20.9 Å². The Morgan fingerprint density at radius 3 is 2.21 bits per heavy atom. The molecule has 0 fully saturated rings. The molecule has 2 rings (SSSR count). The number of aromatic amines is 1. The topological polar surface area (TPSA) is 187 Å². The number of carbonyl (C=O) groups excluding carboxylic acids is 3. The maximum absolute atomic E-state index is 13.1. The number of fused-ring (bicyclic) bond motifs is 1. The first-order chi connectivity index (χ1) is 18.1. The third kappa shape index (κ3) is 9.22. The van der Waals surface area contributed by atoms with Crippen LogP contribution in [0.2, 0.25) is 0 Å². The Kier molecular flexibility index (Phi) is 12.9. The molecular weight excluding hydrogens is 530 g/mol. The Balaban J connectivity index is 2.12. The van der Waals surface area contributed by atoms with Crippen LogP contribution in [0.5, 0.6) is 0 Å². The molecule has 5 unspecified atom stereocenters. The highest BCUT2D eigenvalue weighted by molar-refractivity contribution is 7.98. The maximum atomic E-state index is 13.1. The number of hydrogen-bond acceptors (Lipinski definition) is 8. The molecule has 13 heteroatoms. The van der Waals surface area contributed by atoms with Crippen LogP contribution in [0.3, 0.4) is 0 Å². The second-order valence-electron chi connectivity index (χ2n) is 8.92. The van der Waals surface area contributed by atoms with Gasteiger partial charge in [-0.3, -0.25) is 14.4 Å². The second-order valence-corrected chi connectivity index (χ2v) is 10.9. The Morgan fingerprint density at radius 2 is 1.58 bits per heavy atom. The molecule has 0 saturated carbocycles. The van der Waals surface area contributed by atoms with Gasteiger partial charge >= 0.3 is 5.97 Å². The molecule has 3 amide bonds. The van der Waals surface area contributed by atoms with Gasteiger partial charge in [0, 0.05) is 23.5 Å². The molecule has 0 bridgehead atoms. The molecule has 1 heterocycles. The second kappa shape index (κ2) is 15.6. The first-order valence-corrected chi connectivity index (χ1v) is 15.0. The first-order valence-electron chi connectivity index (χ1n) is 12.2. The largest absolute Gasteiger partial charge is 0.480 e. The number of aliphatic hydroxyl groups excluding tert-OH is 1. The van der Waals surface area contributed by atoms with Gasteiger partial charge < -0.3 is 36.9 Å². The molecule has 210 valence electrons. The van der Waals surface area contributed by atoms with Gasteiger partial charge in [-0.05, 0) is 55.4 Å². The predicted octanol–water partition coefficient (Wildman–Crippen LogP) is 0.464. The highest BCUT2D eigenvalue weighted by atomic mass is 32.2. The van der Waals surface area contributed by atoms with Gasteiger partial charge in [0.15, 0.2) is 0 Å². The Hall–Kier alpha value is -2.74. The van der Waals surface area contributed by atoms with Gasteiger partial charge in [0.1, 0.15) is 18.1 Å². The number of hydrogen-bond donors (Lipinski definition) is 7. The zero-order valence-electron chi connectivity index (χ0n) is 21.7. The fourth-order valence-electron chi connectivity index (χ4n) is 3.80. The van der Waals surface area contributed by atoms with E-state index in [0.717, 1.165) is 10.9 Å². The normalized spacial score (nSPS) is 15.2. The number of carbonyl (C=O) groups is 4. The Labute approximate surface area is 230 Å². The van der Waals surface area contributed by atoms with Crippen LogP contribution in [-0.4, -0.2) is 93.2 Å². The monoisotopic (exact) mass is 567 g/mol. The summed E-state index contributed by atoms with van der Waals surface area (Å²) in [5.74, 6) is -2.03. The molecule has 0 spiro atoms. The standard InChI is InChI=1S/C25H37N5O6S2/c1-14(31)21(30-23(33)19(9-11-38-3)28-22(32)17(26)8-10-37-2)24(34)29-20(25(35)36)12-15-13-27-18-7-5-4-6-16(15)18/h4-7,13-14,17,19-21,27,31H,8-12,26H2,1-3H3,(H,28,32)(H,29,34)(H,30,33)(H,35,36). The van der Waals surface area contributed by atoms with Crippen LogP contribution >= 0.6 is 23.5 Å². The molecule has 0 radical (unpaired) electrons. The molecule has 5 atom stereocenters. The summed E-state index contributed by atoms with van der Waals surface area (Å²) in [7, 11) is 0. The lowest BCUT2D eigenvalue weighted by atomic mass is 10.0. The van der Waals surface area contributed by atoms with E-state index >= 15 is 0 Å². The minimum atomic E-state index is -1.44. The SMILES string of the molecule is CSCCC(N)C(=O)NC(CCSC)C(=O)NC(C(=O)NC(Cc1c[nH]c2ccccc12)C(=O)O)C(C)O. The van der Waals surface area contributed by atoms with E-state index in [1.165, 1.54) is 18.7 Å². The maximum Gasteiger partial charge on any atom is 0.326 e. The molecule has 0 aliphatic heterocycles. The zero-order chi connectivity index (χ0) is 28.2. The summed E-state index contributed by atoms with van der Waals surface area (Å²) in [4.78, 5) is 53.7. The van der Waals surface area contributed by atoms with Gasteiger partial charge in [-0.25, -0.2) is 4.79 Å². The number of carboxylic acid groups (broad SMARTS) is 1. The minimum absolute atomic E-state index is 0.00803. The molecule has 0 saturated heterocycles. The number of nitrogens with two attached hydrogens (primary N) is 1. The van der Waals surface area contributed by atoms with E-state index in [0.29, 0.717) is 23.5 Å². The highest BCUT2D eigenvalue weighted by Crippen LogP contribution is 2.19. The van der Waals surface area contributed by atoms with Gasteiger partial charge in [0.2, 0.25) is 17.7 Å². The highest BCUT2D eigenvalue weighted by Gasteiger charge is 2.33. The molecule has 11 nitrogen and oxygen atoms in total. The van der Waals surface area contributed by atoms with Crippen LogP contribution in [0.4, 0.5) is 0 Å². The number of H-pyrrole nitrogens is 1. The van der Waals surface area contributed by atoms with Crippen molar-refractivity contribution in [3.8, 4) is 0 Å². The summed E-state index contributed by atoms with van der Waals surface area (Å²) in [6, 6.07) is 2.86. The van der Waals surface area contributed by atoms with Crippen molar-refractivity contribution in [2.75, 3.05) is 24.0 Å². The zero-order valence-corrected chi connectivity index (χ0v) is 23.4. The van der Waals surface area contributed by atoms with E-state index in [1.54, 1.807) is 18.0 Å². The average Bonchev–Trinajstić information content (AvgIpc) is 3.29. The van der Waals surface area contributed by atoms with Crippen molar-refractivity contribution < 1.29 is 29.4 Å². The number of thioether (sulfide) groups is 2. The van der Waals surface area contributed by atoms with Crippen molar-refractivity contribution in [3.05, 3.63) is 36.0 Å². The lowest BCUT2D eigenvalue weighted by molar-refractivity contribution is -0.143. The summed E-state index contributed by atoms with van der Waals surface area (Å²) >= 11 is 3.03. The Morgan fingerprint density at radius 1 is 0.947 bits per heavy atom. The van der Waals surface area contributed by atoms with Crippen LogP contribution < -0.4 is 21.7 Å². The third-order valence-electron chi connectivity index (χ3n) is 5.99. The summed E-state index contributed by atoms with van der Waals surface area (Å²) in [6.45, 7) is 1.31. The van der Waals surface area contributed by atoms with Crippen molar-refractivity contribution in [1.29, 1.82) is 0 Å². The molecule has 0 aliphatic rings. The van der Waals surface area contributed by atoms with Gasteiger partial charge in [-0.2, -0.15) is 23.5 Å². The smallest absolute Gasteiger partial charge is 0.326 e. The lowest BCUT2D eigenvalue weighted by Crippen LogP contribution is -2.60. The number of para-hydroxylation sites is 1. The summed E-state index contributed by atoms with van der Waals surface area (Å²) in [6.07, 6.45) is 4.82. The first kappa shape index (κ1) is 31.5. The number of nitrogens with one attached hydrogen (secondary N) is 4. The third-order valence-corrected chi connectivity index (χ3v) is 7.28. The molecule has 8 N–H and O–H groups in total. The van der Waals surface area contributed by atoms with E-state index in [2.05, 4.69) is 20.9 Å². The summed E-state index contributed by atoms with van der Waals surface area (Å²) in [5, 5.41) is 28.4. The van der Waals surface area contributed by atoms with E-state index in [-0.39, 0.29) is 12.8 Å². The van der Waals surface area contributed by atoms with Gasteiger partial charge in [-0.15, -0.1) is 0 Å². The number of carboxylic acids is 1. The van der Waals surface area contributed by atoms with Crippen molar-refractivity contribution >= 4 is 58.1 Å². The number of benzene rings is 1. The van der Waals surface area contributed by atoms with Crippen LogP contribution in [0.25, 0.3) is 10.9 Å². The van der Waals surface area contributed by atoms with Crippen LogP contribution in [0, 0.1) is 0 Å². The van der Waals surface area contributed by atoms with Crippen LogP contribution in [0.15, 0.2) is 30.5 Å². The summed E-state index contributed by atoms with van der Waals surface area (Å²) in [5.41, 5.74) is 7.46. The number of aromatic nitrogens is 1. The Bertz CT molecular complexity index is 1100. The van der Waals surface area contributed by atoms with Crippen molar-refractivity contribution in [2.45, 2.75) is 56.5 Å². The van der Waals surface area contributed by atoms with E-state index in [4.69, 9.17) is 5.73 Å². The fourth-order valence-corrected chi connectivity index (χ4v) is 4.76. The van der Waals surface area contributed by atoms with Gasteiger partial charge in [0.25, 0.3) is 0 Å². The average molecular weight is 568 g/mol. The summed E-state index contributed by atoms with van der Waals surface area (Å²) < 4.78 is 0. The van der Waals surface area contributed by atoms with E-state index < -0.39 is 54.0 Å². The lowest BCUT2D eigenvalue weighted by Gasteiger charge is -2.26.